The maximum absolute atomic E-state index is 12.8. The predicted molar refractivity (Wildman–Crippen MR) is 95.2 cm³/mol. The van der Waals surface area contributed by atoms with Crippen LogP contribution in [0.4, 0.5) is 0 Å². The van der Waals surface area contributed by atoms with E-state index in [1.54, 1.807) is 22.8 Å². The molecule has 0 N–H and O–H groups in total. The molecule has 1 saturated heterocycles. The molecule has 0 atom stereocenters. The fourth-order valence-electron chi connectivity index (χ4n) is 3.81. The van der Waals surface area contributed by atoms with E-state index >= 15 is 0 Å². The maximum atomic E-state index is 12.8. The fourth-order valence-corrected chi connectivity index (χ4v) is 3.81. The Morgan fingerprint density at radius 1 is 0.962 bits per heavy atom. The fraction of sp³-hybridized carbons (Fsp3) is 0.526. The standard InChI is InChI=1S/C19H24N4O3/c1-13-11-16(14(2)26-13)18(24)21-7-9-22(10-8-21)19(25)17-12-15-5-3-4-6-23(15)20-17/h11-12H,3-10H2,1-2H3. The van der Waals surface area contributed by atoms with E-state index in [1.165, 1.54) is 0 Å². The molecule has 7 heteroatoms. The second kappa shape index (κ2) is 6.63. The van der Waals surface area contributed by atoms with Crippen LogP contribution >= 0.6 is 0 Å². The zero-order chi connectivity index (χ0) is 18.3. The van der Waals surface area contributed by atoms with Crippen LogP contribution in [-0.4, -0.2) is 57.6 Å². The highest BCUT2D eigenvalue weighted by Gasteiger charge is 2.28. The minimum Gasteiger partial charge on any atom is -0.466 e. The second-order valence-corrected chi connectivity index (χ2v) is 7.11. The van der Waals surface area contributed by atoms with Crippen LogP contribution in [0.15, 0.2) is 16.5 Å². The molecule has 2 aromatic rings. The highest BCUT2D eigenvalue weighted by Crippen LogP contribution is 2.19. The van der Waals surface area contributed by atoms with Gasteiger partial charge in [-0.15, -0.1) is 0 Å². The molecule has 0 bridgehead atoms. The van der Waals surface area contributed by atoms with Crippen molar-refractivity contribution in [1.29, 1.82) is 0 Å². The third-order valence-corrected chi connectivity index (χ3v) is 5.26. The van der Waals surface area contributed by atoms with Gasteiger partial charge >= 0.3 is 0 Å². The van der Waals surface area contributed by atoms with E-state index in [2.05, 4.69) is 5.10 Å². The maximum Gasteiger partial charge on any atom is 0.274 e. The second-order valence-electron chi connectivity index (χ2n) is 7.11. The van der Waals surface area contributed by atoms with Gasteiger partial charge in [-0.2, -0.15) is 5.10 Å². The van der Waals surface area contributed by atoms with Crippen molar-refractivity contribution >= 4 is 11.8 Å². The molecule has 2 aliphatic rings. The Labute approximate surface area is 152 Å². The van der Waals surface area contributed by atoms with E-state index < -0.39 is 0 Å². The molecule has 0 unspecified atom stereocenters. The van der Waals surface area contributed by atoms with Gasteiger partial charge in [0, 0.05) is 38.4 Å². The Morgan fingerprint density at radius 3 is 2.27 bits per heavy atom. The van der Waals surface area contributed by atoms with Crippen molar-refractivity contribution in [3.63, 3.8) is 0 Å². The van der Waals surface area contributed by atoms with Gasteiger partial charge in [-0.1, -0.05) is 0 Å². The first kappa shape index (κ1) is 16.9. The lowest BCUT2D eigenvalue weighted by molar-refractivity contribution is 0.0530. The molecule has 2 aliphatic heterocycles. The van der Waals surface area contributed by atoms with Crippen molar-refractivity contribution in [3.05, 3.63) is 40.6 Å². The van der Waals surface area contributed by atoms with E-state index in [-0.39, 0.29) is 11.8 Å². The van der Waals surface area contributed by atoms with Gasteiger partial charge in [0.1, 0.15) is 11.5 Å². The molecular weight excluding hydrogens is 332 g/mol. The van der Waals surface area contributed by atoms with Gasteiger partial charge in [-0.05, 0) is 45.2 Å². The summed E-state index contributed by atoms with van der Waals surface area (Å²) in [5, 5.41) is 4.47. The number of furan rings is 1. The van der Waals surface area contributed by atoms with Crippen LogP contribution in [0.2, 0.25) is 0 Å². The first-order valence-electron chi connectivity index (χ1n) is 9.25. The summed E-state index contributed by atoms with van der Waals surface area (Å²) in [6.07, 6.45) is 3.27. The lowest BCUT2D eigenvalue weighted by Crippen LogP contribution is -2.50. The van der Waals surface area contributed by atoms with Crippen LogP contribution in [0.3, 0.4) is 0 Å². The molecule has 4 heterocycles. The van der Waals surface area contributed by atoms with Crippen molar-refractivity contribution in [1.82, 2.24) is 19.6 Å². The van der Waals surface area contributed by atoms with Gasteiger partial charge in [0.15, 0.2) is 5.69 Å². The average molecular weight is 356 g/mol. The van der Waals surface area contributed by atoms with Crippen LogP contribution in [0.25, 0.3) is 0 Å². The highest BCUT2D eigenvalue weighted by molar-refractivity contribution is 5.96. The van der Waals surface area contributed by atoms with Crippen molar-refractivity contribution in [2.45, 2.75) is 39.7 Å². The summed E-state index contributed by atoms with van der Waals surface area (Å²) in [6.45, 7) is 6.66. The predicted octanol–water partition coefficient (Wildman–Crippen LogP) is 2.03. The van der Waals surface area contributed by atoms with Gasteiger partial charge < -0.3 is 14.2 Å². The molecule has 0 radical (unpaired) electrons. The summed E-state index contributed by atoms with van der Waals surface area (Å²) < 4.78 is 7.42. The van der Waals surface area contributed by atoms with Crippen molar-refractivity contribution in [3.8, 4) is 0 Å². The summed E-state index contributed by atoms with van der Waals surface area (Å²) in [5.41, 5.74) is 2.30. The first-order valence-corrected chi connectivity index (χ1v) is 9.25. The first-order chi connectivity index (χ1) is 12.5. The molecule has 2 aromatic heterocycles. The van der Waals surface area contributed by atoms with E-state index in [0.717, 1.165) is 37.3 Å². The Bertz CT molecular complexity index is 820. The molecule has 0 spiro atoms. The molecule has 138 valence electrons. The smallest absolute Gasteiger partial charge is 0.274 e. The minimum absolute atomic E-state index is 0.0242. The molecule has 0 saturated carbocycles. The molecule has 1 fully saturated rings. The number of aromatic nitrogens is 2. The lowest BCUT2D eigenvalue weighted by Gasteiger charge is -2.34. The van der Waals surface area contributed by atoms with Crippen LogP contribution in [-0.2, 0) is 13.0 Å². The lowest BCUT2D eigenvalue weighted by atomic mass is 10.1. The zero-order valence-electron chi connectivity index (χ0n) is 15.3. The third-order valence-electron chi connectivity index (χ3n) is 5.26. The number of aryl methyl sites for hydroxylation is 4. The van der Waals surface area contributed by atoms with Gasteiger partial charge in [-0.25, -0.2) is 0 Å². The number of hydrogen-bond acceptors (Lipinski definition) is 4. The zero-order valence-corrected chi connectivity index (χ0v) is 15.3. The number of fused-ring (bicyclic) bond motifs is 1. The van der Waals surface area contributed by atoms with E-state index in [1.807, 2.05) is 17.7 Å². The van der Waals surface area contributed by atoms with Crippen LogP contribution < -0.4 is 0 Å². The summed E-state index contributed by atoms with van der Waals surface area (Å²) in [5.74, 6) is 1.33. The van der Waals surface area contributed by atoms with Crippen molar-refractivity contribution in [2.24, 2.45) is 0 Å². The van der Waals surface area contributed by atoms with Gasteiger partial charge in [0.25, 0.3) is 11.8 Å². The number of amides is 2. The van der Waals surface area contributed by atoms with E-state index in [0.29, 0.717) is 43.2 Å². The highest BCUT2D eigenvalue weighted by atomic mass is 16.3. The Hall–Kier alpha value is -2.57. The molecule has 2 amide bonds. The molecular formula is C19H24N4O3. The third kappa shape index (κ3) is 3.02. The van der Waals surface area contributed by atoms with E-state index in [4.69, 9.17) is 4.42 Å². The summed E-state index contributed by atoms with van der Waals surface area (Å²) in [4.78, 5) is 29.0. The Morgan fingerprint density at radius 2 is 1.65 bits per heavy atom. The minimum atomic E-state index is -0.0330. The van der Waals surface area contributed by atoms with E-state index in [9.17, 15) is 9.59 Å². The summed E-state index contributed by atoms with van der Waals surface area (Å²) >= 11 is 0. The van der Waals surface area contributed by atoms with Crippen molar-refractivity contribution < 1.29 is 14.0 Å². The van der Waals surface area contributed by atoms with Crippen LogP contribution in [0.5, 0.6) is 0 Å². The SMILES string of the molecule is Cc1cc(C(=O)N2CCN(C(=O)c3cc4n(n3)CCCC4)CC2)c(C)o1. The quantitative estimate of drug-likeness (QED) is 0.825. The topological polar surface area (TPSA) is 71.6 Å². The van der Waals surface area contributed by atoms with Crippen LogP contribution in [0, 0.1) is 13.8 Å². The van der Waals surface area contributed by atoms with Crippen LogP contribution in [0.1, 0.15) is 50.9 Å². The summed E-state index contributed by atoms with van der Waals surface area (Å²) in [6, 6.07) is 3.71. The Kier molecular flexibility index (Phi) is 4.30. The number of nitrogens with zero attached hydrogens (tertiary/aromatic N) is 4. The number of carbonyl (C=O) groups is 2. The van der Waals surface area contributed by atoms with Crippen molar-refractivity contribution in [2.75, 3.05) is 26.2 Å². The average Bonchev–Trinajstić information content (AvgIpc) is 3.23. The summed E-state index contributed by atoms with van der Waals surface area (Å²) in [7, 11) is 0. The molecule has 4 rings (SSSR count). The number of piperazine rings is 1. The molecule has 0 aliphatic carbocycles. The van der Waals surface area contributed by atoms with Gasteiger partial charge in [0.05, 0.1) is 5.56 Å². The molecule has 7 nitrogen and oxygen atoms in total. The largest absolute Gasteiger partial charge is 0.466 e. The number of hydrogen-bond donors (Lipinski definition) is 0. The molecule has 0 aromatic carbocycles. The number of carbonyl (C=O) groups excluding carboxylic acids is 2. The monoisotopic (exact) mass is 356 g/mol. The van der Waals surface area contributed by atoms with Gasteiger partial charge in [0.2, 0.25) is 0 Å². The molecule has 26 heavy (non-hydrogen) atoms. The van der Waals surface area contributed by atoms with Gasteiger partial charge in [-0.3, -0.25) is 14.3 Å². The number of rotatable bonds is 2. The Balaban J connectivity index is 1.40. The normalized spacial score (nSPS) is 17.3.